The van der Waals surface area contributed by atoms with Crippen LogP contribution in [0.1, 0.15) is 26.7 Å². The van der Waals surface area contributed by atoms with Gasteiger partial charge >= 0.3 is 0 Å². The van der Waals surface area contributed by atoms with E-state index in [2.05, 4.69) is 16.7 Å². The van der Waals surface area contributed by atoms with Gasteiger partial charge in [0.05, 0.1) is 0 Å². The molecule has 1 heterocycles. The normalized spacial score (nSPS) is 25.1. The Kier molecular flexibility index (Phi) is 4.91. The summed E-state index contributed by atoms with van der Waals surface area (Å²) in [6.07, 6.45) is 2.50. The van der Waals surface area contributed by atoms with Gasteiger partial charge in [-0.1, -0.05) is 6.92 Å². The predicted octanol–water partition coefficient (Wildman–Crippen LogP) is -0.395. The Morgan fingerprint density at radius 3 is 2.76 bits per heavy atom. The number of carbonyl (C=O) groups excluding carboxylic acids is 1. The molecule has 1 amide bonds. The first-order valence-electron chi connectivity index (χ1n) is 6.38. The van der Waals surface area contributed by atoms with E-state index >= 15 is 0 Å². The van der Waals surface area contributed by atoms with E-state index in [1.807, 2.05) is 7.05 Å². The molecule has 0 aromatic carbocycles. The number of likely N-dealkylation sites (N-methyl/N-ethyl adjacent to an activating group) is 2. The summed E-state index contributed by atoms with van der Waals surface area (Å²) >= 11 is 0. The molecule has 2 atom stereocenters. The molecular weight excluding hydrogens is 216 g/mol. The van der Waals surface area contributed by atoms with Crippen molar-refractivity contribution < 1.29 is 4.79 Å². The zero-order chi connectivity index (χ0) is 13.1. The average molecular weight is 242 g/mol. The van der Waals surface area contributed by atoms with Gasteiger partial charge < -0.3 is 16.4 Å². The largest absolute Gasteiger partial charge is 0.368 e. The summed E-state index contributed by atoms with van der Waals surface area (Å²) in [5, 5.41) is 0. The molecule has 1 fully saturated rings. The lowest BCUT2D eigenvalue weighted by atomic mass is 10.0. The van der Waals surface area contributed by atoms with Crippen LogP contribution in [0.15, 0.2) is 0 Å². The van der Waals surface area contributed by atoms with E-state index in [0.717, 1.165) is 13.1 Å². The highest BCUT2D eigenvalue weighted by molar-refractivity contribution is 5.84. The third-order valence-corrected chi connectivity index (χ3v) is 3.59. The molecule has 0 radical (unpaired) electrons. The van der Waals surface area contributed by atoms with E-state index < -0.39 is 11.4 Å². The zero-order valence-corrected chi connectivity index (χ0v) is 11.3. The Labute approximate surface area is 104 Å². The Morgan fingerprint density at radius 1 is 1.59 bits per heavy atom. The second-order valence-electron chi connectivity index (χ2n) is 5.40. The van der Waals surface area contributed by atoms with Crippen molar-refractivity contribution in [2.24, 2.45) is 11.5 Å². The fourth-order valence-corrected chi connectivity index (χ4v) is 2.58. The van der Waals surface area contributed by atoms with Crippen LogP contribution in [0, 0.1) is 0 Å². The third kappa shape index (κ3) is 3.94. The highest BCUT2D eigenvalue weighted by atomic mass is 16.1. The van der Waals surface area contributed by atoms with E-state index in [1.54, 1.807) is 6.92 Å². The molecule has 100 valence electrons. The number of hydrogen-bond donors (Lipinski definition) is 2. The van der Waals surface area contributed by atoms with E-state index in [4.69, 9.17) is 11.5 Å². The highest BCUT2D eigenvalue weighted by Crippen LogP contribution is 2.17. The molecule has 0 aromatic rings. The minimum absolute atomic E-state index is 0.442. The first-order chi connectivity index (χ1) is 7.86. The SMILES string of the molecule is CCN1CCCC1CN(C)CC(C)(N)C(N)=O. The average Bonchev–Trinajstić information content (AvgIpc) is 2.63. The molecule has 1 aliphatic rings. The molecule has 1 rings (SSSR count). The van der Waals surface area contributed by atoms with Crippen molar-refractivity contribution in [1.82, 2.24) is 9.80 Å². The molecule has 5 heteroatoms. The topological polar surface area (TPSA) is 75.6 Å². The molecule has 5 nitrogen and oxygen atoms in total. The summed E-state index contributed by atoms with van der Waals surface area (Å²) in [5.74, 6) is -0.442. The van der Waals surface area contributed by atoms with E-state index in [1.165, 1.54) is 19.4 Å². The van der Waals surface area contributed by atoms with Crippen LogP contribution in [0.25, 0.3) is 0 Å². The maximum atomic E-state index is 11.2. The molecule has 0 aliphatic carbocycles. The number of hydrogen-bond acceptors (Lipinski definition) is 4. The summed E-state index contributed by atoms with van der Waals surface area (Å²) in [6.45, 7) is 7.62. The number of primary amides is 1. The van der Waals surface area contributed by atoms with Crippen LogP contribution in [-0.2, 0) is 4.79 Å². The number of amides is 1. The molecule has 2 unspecified atom stereocenters. The monoisotopic (exact) mass is 242 g/mol. The van der Waals surface area contributed by atoms with Gasteiger partial charge in [0, 0.05) is 19.1 Å². The molecule has 1 aliphatic heterocycles. The number of likely N-dealkylation sites (tertiary alicyclic amines) is 1. The summed E-state index contributed by atoms with van der Waals surface area (Å²) in [6, 6.07) is 0.591. The van der Waals surface area contributed by atoms with Gasteiger partial charge in [-0.15, -0.1) is 0 Å². The first-order valence-corrected chi connectivity index (χ1v) is 6.38. The third-order valence-electron chi connectivity index (χ3n) is 3.59. The van der Waals surface area contributed by atoms with Crippen LogP contribution in [-0.4, -0.2) is 60.5 Å². The van der Waals surface area contributed by atoms with Gasteiger partial charge in [-0.3, -0.25) is 9.69 Å². The Bertz CT molecular complexity index is 267. The fraction of sp³-hybridized carbons (Fsp3) is 0.917. The fourth-order valence-electron chi connectivity index (χ4n) is 2.58. The van der Waals surface area contributed by atoms with Gasteiger partial charge in [-0.2, -0.15) is 0 Å². The van der Waals surface area contributed by atoms with E-state index in [-0.39, 0.29) is 0 Å². The van der Waals surface area contributed by atoms with Crippen molar-refractivity contribution in [1.29, 1.82) is 0 Å². The minimum Gasteiger partial charge on any atom is -0.368 e. The molecule has 4 N–H and O–H groups in total. The Morgan fingerprint density at radius 2 is 2.24 bits per heavy atom. The van der Waals surface area contributed by atoms with Crippen molar-refractivity contribution in [3.63, 3.8) is 0 Å². The summed E-state index contributed by atoms with van der Waals surface area (Å²) in [4.78, 5) is 15.8. The highest BCUT2D eigenvalue weighted by Gasteiger charge is 2.30. The van der Waals surface area contributed by atoms with Crippen LogP contribution in [0.5, 0.6) is 0 Å². The van der Waals surface area contributed by atoms with Crippen LogP contribution >= 0.6 is 0 Å². The lowest BCUT2D eigenvalue weighted by Gasteiger charge is -2.31. The first kappa shape index (κ1) is 14.4. The predicted molar refractivity (Wildman–Crippen MR) is 69.6 cm³/mol. The smallest absolute Gasteiger partial charge is 0.238 e. The van der Waals surface area contributed by atoms with Crippen LogP contribution in [0.4, 0.5) is 0 Å². The van der Waals surface area contributed by atoms with Gasteiger partial charge in [-0.25, -0.2) is 0 Å². The number of nitrogens with zero attached hydrogens (tertiary/aromatic N) is 2. The van der Waals surface area contributed by atoms with Gasteiger partial charge in [0.1, 0.15) is 5.54 Å². The van der Waals surface area contributed by atoms with Crippen LogP contribution in [0.3, 0.4) is 0 Å². The summed E-state index contributed by atoms with van der Waals surface area (Å²) < 4.78 is 0. The lowest BCUT2D eigenvalue weighted by molar-refractivity contribution is -0.123. The second-order valence-corrected chi connectivity index (χ2v) is 5.40. The number of carbonyl (C=O) groups is 1. The van der Waals surface area contributed by atoms with Gasteiger partial charge in [0.15, 0.2) is 0 Å². The Hall–Kier alpha value is -0.650. The van der Waals surface area contributed by atoms with Gasteiger partial charge in [0.25, 0.3) is 0 Å². The standard InChI is InChI=1S/C12H26N4O/c1-4-16-7-5-6-10(16)8-15(3)9-12(2,14)11(13)17/h10H,4-9,14H2,1-3H3,(H2,13,17). The van der Waals surface area contributed by atoms with Crippen molar-refractivity contribution >= 4 is 5.91 Å². The lowest BCUT2D eigenvalue weighted by Crippen LogP contribution is -2.57. The van der Waals surface area contributed by atoms with Gasteiger partial charge in [-0.05, 0) is 39.9 Å². The molecule has 0 bridgehead atoms. The van der Waals surface area contributed by atoms with Gasteiger partial charge in [0.2, 0.25) is 5.91 Å². The van der Waals surface area contributed by atoms with Crippen molar-refractivity contribution in [2.45, 2.75) is 38.3 Å². The molecule has 0 spiro atoms. The molecule has 0 saturated carbocycles. The van der Waals surface area contributed by atoms with Crippen molar-refractivity contribution in [2.75, 3.05) is 33.2 Å². The maximum Gasteiger partial charge on any atom is 0.238 e. The Balaban J connectivity index is 2.44. The molecule has 17 heavy (non-hydrogen) atoms. The minimum atomic E-state index is -0.940. The van der Waals surface area contributed by atoms with Crippen LogP contribution < -0.4 is 11.5 Å². The number of nitrogens with two attached hydrogens (primary N) is 2. The molecule has 0 aromatic heterocycles. The van der Waals surface area contributed by atoms with Crippen LogP contribution in [0.2, 0.25) is 0 Å². The summed E-state index contributed by atoms with van der Waals surface area (Å²) in [7, 11) is 2.00. The zero-order valence-electron chi connectivity index (χ0n) is 11.3. The quantitative estimate of drug-likeness (QED) is 0.665. The maximum absolute atomic E-state index is 11.2. The molecular formula is C12H26N4O. The number of rotatable bonds is 6. The van der Waals surface area contributed by atoms with Crippen molar-refractivity contribution in [3.05, 3.63) is 0 Å². The van der Waals surface area contributed by atoms with E-state index in [0.29, 0.717) is 12.6 Å². The second kappa shape index (κ2) is 5.80. The molecule has 1 saturated heterocycles. The van der Waals surface area contributed by atoms with E-state index in [9.17, 15) is 4.79 Å². The van der Waals surface area contributed by atoms with Crippen molar-refractivity contribution in [3.8, 4) is 0 Å². The summed E-state index contributed by atoms with van der Waals surface area (Å²) in [5.41, 5.74) is 10.2.